The number of carbonyl (C=O) groups is 2. The van der Waals surface area contributed by atoms with Gasteiger partial charge >= 0.3 is 0 Å². The largest absolute Gasteiger partial charge is 0.377 e. The first-order valence-corrected chi connectivity index (χ1v) is 9.33. The van der Waals surface area contributed by atoms with Crippen LogP contribution in [-0.4, -0.2) is 56.9 Å². The Labute approximate surface area is 153 Å². The summed E-state index contributed by atoms with van der Waals surface area (Å²) in [4.78, 5) is 24.1. The number of ether oxygens (including phenoxy) is 2. The third-order valence-electron chi connectivity index (χ3n) is 4.63. The molecule has 3 N–H and O–H groups in total. The zero-order valence-corrected chi connectivity index (χ0v) is 15.0. The molecule has 3 rings (SSSR count). The molecule has 1 aromatic rings. The summed E-state index contributed by atoms with van der Waals surface area (Å²) >= 11 is 0. The first-order valence-electron chi connectivity index (χ1n) is 9.33. The molecule has 0 spiro atoms. The molecule has 2 aliphatic rings. The molecular weight excluding hydrogens is 334 g/mol. The van der Waals surface area contributed by atoms with E-state index in [1.807, 2.05) is 0 Å². The van der Waals surface area contributed by atoms with Crippen LogP contribution in [0.1, 0.15) is 36.0 Å². The maximum Gasteiger partial charge on any atom is 0.251 e. The van der Waals surface area contributed by atoms with Crippen LogP contribution >= 0.6 is 0 Å². The molecule has 2 amide bonds. The number of amides is 2. The zero-order valence-electron chi connectivity index (χ0n) is 15.0. The van der Waals surface area contributed by atoms with Gasteiger partial charge in [-0.3, -0.25) is 9.59 Å². The van der Waals surface area contributed by atoms with Gasteiger partial charge in [-0.2, -0.15) is 0 Å². The molecule has 1 aromatic carbocycles. The zero-order chi connectivity index (χ0) is 18.2. The van der Waals surface area contributed by atoms with Crippen molar-refractivity contribution in [3.63, 3.8) is 0 Å². The van der Waals surface area contributed by atoms with E-state index in [9.17, 15) is 9.59 Å². The second kappa shape index (κ2) is 9.66. The first-order chi connectivity index (χ1) is 12.7. The number of nitrogens with one attached hydrogen (secondary N) is 3. The molecule has 0 bridgehead atoms. The number of rotatable bonds is 8. The molecule has 26 heavy (non-hydrogen) atoms. The van der Waals surface area contributed by atoms with Gasteiger partial charge in [-0.1, -0.05) is 0 Å². The van der Waals surface area contributed by atoms with Crippen molar-refractivity contribution >= 4 is 17.5 Å². The van der Waals surface area contributed by atoms with Crippen molar-refractivity contribution in [2.45, 2.75) is 37.9 Å². The fourth-order valence-corrected chi connectivity index (χ4v) is 3.18. The molecule has 7 heteroatoms. The van der Waals surface area contributed by atoms with Gasteiger partial charge in [-0.05, 0) is 49.9 Å². The molecule has 2 atom stereocenters. The third-order valence-corrected chi connectivity index (χ3v) is 4.63. The van der Waals surface area contributed by atoms with Crippen LogP contribution < -0.4 is 16.0 Å². The van der Waals surface area contributed by atoms with Crippen molar-refractivity contribution in [3.8, 4) is 0 Å². The van der Waals surface area contributed by atoms with Crippen molar-refractivity contribution < 1.29 is 19.1 Å². The Morgan fingerprint density at radius 3 is 2.23 bits per heavy atom. The van der Waals surface area contributed by atoms with E-state index in [1.54, 1.807) is 24.3 Å². The highest BCUT2D eigenvalue weighted by Gasteiger charge is 2.17. The molecule has 0 aromatic heterocycles. The highest BCUT2D eigenvalue weighted by atomic mass is 16.5. The van der Waals surface area contributed by atoms with Crippen LogP contribution in [0.3, 0.4) is 0 Å². The summed E-state index contributed by atoms with van der Waals surface area (Å²) < 4.78 is 11.0. The van der Waals surface area contributed by atoms with Gasteiger partial charge in [0.1, 0.15) is 0 Å². The summed E-state index contributed by atoms with van der Waals surface area (Å²) in [5.74, 6) is -0.241. The maximum absolute atomic E-state index is 12.1. The van der Waals surface area contributed by atoms with Gasteiger partial charge in [0.05, 0.1) is 18.8 Å². The van der Waals surface area contributed by atoms with Crippen molar-refractivity contribution in [3.05, 3.63) is 29.8 Å². The predicted molar refractivity (Wildman–Crippen MR) is 98.2 cm³/mol. The van der Waals surface area contributed by atoms with Crippen molar-refractivity contribution in [1.29, 1.82) is 0 Å². The van der Waals surface area contributed by atoms with Crippen LogP contribution in [0.5, 0.6) is 0 Å². The Morgan fingerprint density at radius 1 is 0.962 bits per heavy atom. The Kier molecular flexibility index (Phi) is 6.99. The number of anilines is 1. The highest BCUT2D eigenvalue weighted by Crippen LogP contribution is 2.13. The summed E-state index contributed by atoms with van der Waals surface area (Å²) in [6, 6.07) is 6.89. The maximum atomic E-state index is 12.1. The topological polar surface area (TPSA) is 88.7 Å². The lowest BCUT2D eigenvalue weighted by Crippen LogP contribution is -2.33. The van der Waals surface area contributed by atoms with Gasteiger partial charge in [0.25, 0.3) is 5.91 Å². The van der Waals surface area contributed by atoms with Crippen LogP contribution in [0.4, 0.5) is 5.69 Å². The van der Waals surface area contributed by atoms with Crippen molar-refractivity contribution in [2.75, 3.05) is 38.2 Å². The molecule has 2 saturated heterocycles. The van der Waals surface area contributed by atoms with Crippen molar-refractivity contribution in [2.24, 2.45) is 0 Å². The van der Waals surface area contributed by atoms with E-state index >= 15 is 0 Å². The van der Waals surface area contributed by atoms with Gasteiger partial charge in [0, 0.05) is 37.6 Å². The normalized spacial score (nSPS) is 22.3. The summed E-state index contributed by atoms with van der Waals surface area (Å²) in [5, 5.41) is 8.81. The van der Waals surface area contributed by atoms with E-state index in [0.29, 0.717) is 24.3 Å². The van der Waals surface area contributed by atoms with E-state index in [0.717, 1.165) is 38.9 Å². The number of hydrogen-bond acceptors (Lipinski definition) is 5. The van der Waals surface area contributed by atoms with E-state index in [4.69, 9.17) is 9.47 Å². The minimum absolute atomic E-state index is 0.112. The monoisotopic (exact) mass is 361 g/mol. The molecule has 2 unspecified atom stereocenters. The minimum Gasteiger partial charge on any atom is -0.377 e. The number of hydrogen-bond donors (Lipinski definition) is 3. The van der Waals surface area contributed by atoms with E-state index in [-0.39, 0.29) is 30.6 Å². The van der Waals surface area contributed by atoms with Gasteiger partial charge in [0.2, 0.25) is 5.91 Å². The second-order valence-electron chi connectivity index (χ2n) is 6.74. The standard InChI is InChI=1S/C19H27N3O4/c23-18(13-20-11-16-3-1-9-25-16)22-15-7-5-14(6-8-15)19(24)21-12-17-4-2-10-26-17/h5-8,16-17,20H,1-4,9-13H2,(H,21,24)(H,22,23). The fourth-order valence-electron chi connectivity index (χ4n) is 3.18. The van der Waals surface area contributed by atoms with Crippen LogP contribution in [0.15, 0.2) is 24.3 Å². The number of benzene rings is 1. The van der Waals surface area contributed by atoms with E-state index in [2.05, 4.69) is 16.0 Å². The molecule has 0 aliphatic carbocycles. The first kappa shape index (κ1) is 18.8. The van der Waals surface area contributed by atoms with E-state index in [1.165, 1.54) is 0 Å². The van der Waals surface area contributed by atoms with Gasteiger partial charge in [-0.15, -0.1) is 0 Å². The Balaban J connectivity index is 1.37. The second-order valence-corrected chi connectivity index (χ2v) is 6.74. The average molecular weight is 361 g/mol. The summed E-state index contributed by atoms with van der Waals surface area (Å²) in [5.41, 5.74) is 1.24. The Bertz CT molecular complexity index is 593. The van der Waals surface area contributed by atoms with Crippen LogP contribution in [0, 0.1) is 0 Å². The molecule has 0 saturated carbocycles. The third kappa shape index (κ3) is 5.79. The van der Waals surface area contributed by atoms with Gasteiger partial charge in [0.15, 0.2) is 0 Å². The quantitative estimate of drug-likeness (QED) is 0.650. The molecule has 0 radical (unpaired) electrons. The number of carbonyl (C=O) groups excluding carboxylic acids is 2. The molecule has 2 aliphatic heterocycles. The molecule has 2 heterocycles. The fraction of sp³-hybridized carbons (Fsp3) is 0.579. The van der Waals surface area contributed by atoms with Crippen LogP contribution in [-0.2, 0) is 14.3 Å². The SMILES string of the molecule is O=C(CNCC1CCCO1)Nc1ccc(C(=O)NCC2CCCO2)cc1. The van der Waals surface area contributed by atoms with Crippen LogP contribution in [0.25, 0.3) is 0 Å². The molecular formula is C19H27N3O4. The smallest absolute Gasteiger partial charge is 0.251 e. The minimum atomic E-state index is -0.128. The highest BCUT2D eigenvalue weighted by molar-refractivity contribution is 5.96. The lowest BCUT2D eigenvalue weighted by atomic mass is 10.2. The molecule has 7 nitrogen and oxygen atoms in total. The predicted octanol–water partition coefficient (Wildman–Crippen LogP) is 1.30. The lowest BCUT2D eigenvalue weighted by molar-refractivity contribution is -0.115. The molecule has 142 valence electrons. The molecule has 2 fully saturated rings. The van der Waals surface area contributed by atoms with E-state index < -0.39 is 0 Å². The Morgan fingerprint density at radius 2 is 1.62 bits per heavy atom. The van der Waals surface area contributed by atoms with Crippen LogP contribution in [0.2, 0.25) is 0 Å². The van der Waals surface area contributed by atoms with Gasteiger partial charge in [-0.25, -0.2) is 0 Å². The lowest BCUT2D eigenvalue weighted by Gasteiger charge is -2.12. The summed E-state index contributed by atoms with van der Waals surface area (Å²) in [7, 11) is 0. The average Bonchev–Trinajstić information content (AvgIpc) is 3.34. The Hall–Kier alpha value is -1.96. The summed E-state index contributed by atoms with van der Waals surface area (Å²) in [6.07, 6.45) is 4.52. The van der Waals surface area contributed by atoms with Gasteiger partial charge < -0.3 is 25.4 Å². The van der Waals surface area contributed by atoms with Crippen molar-refractivity contribution in [1.82, 2.24) is 10.6 Å². The summed E-state index contributed by atoms with van der Waals surface area (Å²) in [6.45, 7) is 3.05.